The van der Waals surface area contributed by atoms with Gasteiger partial charge in [-0.3, -0.25) is 0 Å². The zero-order valence-corrected chi connectivity index (χ0v) is 15.2. The zero-order chi connectivity index (χ0) is 18.6. The predicted molar refractivity (Wildman–Crippen MR) is 105 cm³/mol. The SMILES string of the molecule is c1ccc(OCCOC(OCCOc2ccccc2)c2ccccc2)cc1. The molecule has 0 saturated heterocycles. The first-order chi connectivity index (χ1) is 13.4. The van der Waals surface area contributed by atoms with Gasteiger partial charge in [-0.1, -0.05) is 66.7 Å². The van der Waals surface area contributed by atoms with E-state index in [-0.39, 0.29) is 0 Å². The van der Waals surface area contributed by atoms with Crippen LogP contribution in [0.25, 0.3) is 0 Å². The Kier molecular flexibility index (Phi) is 7.73. The molecule has 140 valence electrons. The molecule has 0 fully saturated rings. The molecule has 3 rings (SSSR count). The van der Waals surface area contributed by atoms with Crippen molar-refractivity contribution in [2.75, 3.05) is 26.4 Å². The molecular formula is C23H24O4. The van der Waals surface area contributed by atoms with Crippen LogP contribution in [0.2, 0.25) is 0 Å². The molecule has 0 aliphatic rings. The second kappa shape index (κ2) is 11.0. The van der Waals surface area contributed by atoms with Gasteiger partial charge in [0, 0.05) is 5.56 Å². The topological polar surface area (TPSA) is 36.9 Å². The van der Waals surface area contributed by atoms with Gasteiger partial charge in [0.15, 0.2) is 6.29 Å². The van der Waals surface area contributed by atoms with Gasteiger partial charge >= 0.3 is 0 Å². The summed E-state index contributed by atoms with van der Waals surface area (Å²) < 4.78 is 23.1. The van der Waals surface area contributed by atoms with Gasteiger partial charge in [0.05, 0.1) is 13.2 Å². The maximum absolute atomic E-state index is 5.90. The van der Waals surface area contributed by atoms with Crippen LogP contribution in [-0.4, -0.2) is 26.4 Å². The fourth-order valence-electron chi connectivity index (χ4n) is 2.51. The van der Waals surface area contributed by atoms with E-state index in [4.69, 9.17) is 18.9 Å². The largest absolute Gasteiger partial charge is 0.491 e. The maximum atomic E-state index is 5.90. The molecule has 4 nitrogen and oxygen atoms in total. The first-order valence-electron chi connectivity index (χ1n) is 9.06. The average molecular weight is 364 g/mol. The first-order valence-corrected chi connectivity index (χ1v) is 9.06. The third-order valence-corrected chi connectivity index (χ3v) is 3.80. The van der Waals surface area contributed by atoms with E-state index >= 15 is 0 Å². The fourth-order valence-corrected chi connectivity index (χ4v) is 2.51. The van der Waals surface area contributed by atoms with Crippen molar-refractivity contribution in [1.29, 1.82) is 0 Å². The average Bonchev–Trinajstić information content (AvgIpc) is 2.75. The highest BCUT2D eigenvalue weighted by Crippen LogP contribution is 2.19. The van der Waals surface area contributed by atoms with E-state index in [1.165, 1.54) is 0 Å². The van der Waals surface area contributed by atoms with E-state index in [0.717, 1.165) is 17.1 Å². The van der Waals surface area contributed by atoms with E-state index in [0.29, 0.717) is 26.4 Å². The second-order valence-electron chi connectivity index (χ2n) is 5.81. The minimum atomic E-state index is -0.454. The third-order valence-electron chi connectivity index (χ3n) is 3.80. The van der Waals surface area contributed by atoms with Crippen molar-refractivity contribution in [3.63, 3.8) is 0 Å². The van der Waals surface area contributed by atoms with Crippen LogP contribution >= 0.6 is 0 Å². The zero-order valence-electron chi connectivity index (χ0n) is 15.2. The molecule has 3 aromatic rings. The van der Waals surface area contributed by atoms with Crippen molar-refractivity contribution in [2.24, 2.45) is 0 Å². The molecule has 0 radical (unpaired) electrons. The molecule has 0 atom stereocenters. The lowest BCUT2D eigenvalue weighted by molar-refractivity contribution is -0.154. The van der Waals surface area contributed by atoms with Crippen LogP contribution in [0.4, 0.5) is 0 Å². The van der Waals surface area contributed by atoms with Gasteiger partial charge in [-0.2, -0.15) is 0 Å². The summed E-state index contributed by atoms with van der Waals surface area (Å²) in [7, 11) is 0. The van der Waals surface area contributed by atoms with E-state index in [2.05, 4.69) is 0 Å². The Morgan fingerprint density at radius 1 is 0.481 bits per heavy atom. The summed E-state index contributed by atoms with van der Waals surface area (Å²) in [5, 5.41) is 0. The number of hydrogen-bond donors (Lipinski definition) is 0. The highest BCUT2D eigenvalue weighted by molar-refractivity contribution is 5.21. The Morgan fingerprint density at radius 2 is 0.889 bits per heavy atom. The number of ether oxygens (including phenoxy) is 4. The summed E-state index contributed by atoms with van der Waals surface area (Å²) in [6, 6.07) is 29.3. The molecule has 0 N–H and O–H groups in total. The Hall–Kier alpha value is -2.82. The van der Waals surface area contributed by atoms with Crippen molar-refractivity contribution in [3.8, 4) is 11.5 Å². The number of para-hydroxylation sites is 2. The van der Waals surface area contributed by atoms with Gasteiger partial charge in [-0.05, 0) is 24.3 Å². The molecule has 0 heterocycles. The van der Waals surface area contributed by atoms with Crippen molar-refractivity contribution < 1.29 is 18.9 Å². The standard InChI is InChI=1S/C23H24O4/c1-4-10-20(11-5-1)23(26-18-16-24-21-12-6-2-7-13-21)27-19-17-25-22-14-8-3-9-15-22/h1-15,23H,16-19H2. The van der Waals surface area contributed by atoms with Crippen LogP contribution < -0.4 is 9.47 Å². The van der Waals surface area contributed by atoms with Crippen LogP contribution in [0.3, 0.4) is 0 Å². The van der Waals surface area contributed by atoms with E-state index in [1.807, 2.05) is 91.0 Å². The number of benzene rings is 3. The minimum absolute atomic E-state index is 0.425. The lowest BCUT2D eigenvalue weighted by Crippen LogP contribution is -2.17. The smallest absolute Gasteiger partial charge is 0.184 e. The summed E-state index contributed by atoms with van der Waals surface area (Å²) in [6.07, 6.45) is -0.454. The maximum Gasteiger partial charge on any atom is 0.184 e. The van der Waals surface area contributed by atoms with Crippen molar-refractivity contribution in [1.82, 2.24) is 0 Å². The molecule has 0 aromatic heterocycles. The molecule has 0 bridgehead atoms. The van der Waals surface area contributed by atoms with Crippen molar-refractivity contribution in [3.05, 3.63) is 96.6 Å². The summed E-state index contributed by atoms with van der Waals surface area (Å²) in [4.78, 5) is 0. The number of hydrogen-bond acceptors (Lipinski definition) is 4. The van der Waals surface area contributed by atoms with Crippen molar-refractivity contribution in [2.45, 2.75) is 6.29 Å². The molecule has 0 unspecified atom stereocenters. The molecule has 27 heavy (non-hydrogen) atoms. The molecule has 4 heteroatoms. The van der Waals surface area contributed by atoms with Gasteiger partial charge < -0.3 is 18.9 Å². The summed E-state index contributed by atoms with van der Waals surface area (Å²) in [6.45, 7) is 1.76. The van der Waals surface area contributed by atoms with Crippen LogP contribution in [0.5, 0.6) is 11.5 Å². The summed E-state index contributed by atoms with van der Waals surface area (Å²) in [5.74, 6) is 1.66. The normalized spacial score (nSPS) is 10.7. The van der Waals surface area contributed by atoms with E-state index in [1.54, 1.807) is 0 Å². The van der Waals surface area contributed by atoms with E-state index < -0.39 is 6.29 Å². The molecular weight excluding hydrogens is 340 g/mol. The Balaban J connectivity index is 1.44. The summed E-state index contributed by atoms with van der Waals surface area (Å²) in [5.41, 5.74) is 0.969. The van der Waals surface area contributed by atoms with Crippen LogP contribution in [0.15, 0.2) is 91.0 Å². The lowest BCUT2D eigenvalue weighted by atomic mass is 10.2. The molecule has 3 aromatic carbocycles. The first kappa shape index (κ1) is 19.0. The molecule has 0 aliphatic heterocycles. The summed E-state index contributed by atoms with van der Waals surface area (Å²) >= 11 is 0. The molecule has 0 spiro atoms. The van der Waals surface area contributed by atoms with Gasteiger partial charge in [0.25, 0.3) is 0 Å². The molecule has 0 saturated carbocycles. The van der Waals surface area contributed by atoms with Gasteiger partial charge in [-0.15, -0.1) is 0 Å². The Labute approximate surface area is 160 Å². The quantitative estimate of drug-likeness (QED) is 0.359. The number of rotatable bonds is 11. The Bertz CT molecular complexity index is 700. The highest BCUT2D eigenvalue weighted by Gasteiger charge is 2.12. The van der Waals surface area contributed by atoms with Crippen LogP contribution in [0, 0.1) is 0 Å². The monoisotopic (exact) mass is 364 g/mol. The highest BCUT2D eigenvalue weighted by atomic mass is 16.7. The predicted octanol–water partition coefficient (Wildman–Crippen LogP) is 4.88. The van der Waals surface area contributed by atoms with E-state index in [9.17, 15) is 0 Å². The molecule has 0 amide bonds. The minimum Gasteiger partial charge on any atom is -0.491 e. The second-order valence-corrected chi connectivity index (χ2v) is 5.81. The Morgan fingerprint density at radius 3 is 1.33 bits per heavy atom. The lowest BCUT2D eigenvalue weighted by Gasteiger charge is -2.19. The van der Waals surface area contributed by atoms with Gasteiger partial charge in [0.2, 0.25) is 0 Å². The van der Waals surface area contributed by atoms with Crippen LogP contribution in [-0.2, 0) is 9.47 Å². The third kappa shape index (κ3) is 6.77. The van der Waals surface area contributed by atoms with Crippen LogP contribution in [0.1, 0.15) is 11.9 Å². The van der Waals surface area contributed by atoms with Gasteiger partial charge in [-0.25, -0.2) is 0 Å². The fraction of sp³-hybridized carbons (Fsp3) is 0.217. The van der Waals surface area contributed by atoms with Gasteiger partial charge in [0.1, 0.15) is 24.7 Å². The molecule has 0 aliphatic carbocycles. The van der Waals surface area contributed by atoms with Crippen molar-refractivity contribution >= 4 is 0 Å².